The van der Waals surface area contributed by atoms with Gasteiger partial charge in [-0.1, -0.05) is 67.5 Å². The Morgan fingerprint density at radius 3 is 2.50 bits per heavy atom. The van der Waals surface area contributed by atoms with Crippen LogP contribution in [-0.2, 0) is 39.8 Å². The molecule has 2 fully saturated rings. The highest BCUT2D eigenvalue weighted by molar-refractivity contribution is 8.77. The average molecular weight is 976 g/mol. The number of allylic oxidation sites excluding steroid dienone is 3. The Kier molecular flexibility index (Phi) is 16.4. The lowest BCUT2D eigenvalue weighted by Crippen LogP contribution is -2.63. The van der Waals surface area contributed by atoms with Gasteiger partial charge >= 0.3 is 12.1 Å². The van der Waals surface area contributed by atoms with Crippen molar-refractivity contribution in [3.8, 4) is 16.9 Å². The number of hydrogen-bond acceptors (Lipinski definition) is 15. The summed E-state index contributed by atoms with van der Waals surface area (Å²) in [7, 11) is 7.58. The van der Waals surface area contributed by atoms with Crippen LogP contribution in [0.5, 0.6) is 5.75 Å². The van der Waals surface area contributed by atoms with E-state index in [-0.39, 0.29) is 41.5 Å². The quantitative estimate of drug-likeness (QED) is 0.0480. The summed E-state index contributed by atoms with van der Waals surface area (Å²) in [5, 5.41) is 29.0. The lowest BCUT2D eigenvalue weighted by atomic mass is 9.83. The van der Waals surface area contributed by atoms with Crippen molar-refractivity contribution in [3.05, 3.63) is 94.2 Å². The second-order valence-electron chi connectivity index (χ2n) is 18.6. The number of carbonyl (C=O) groups excluding carboxylic acids is 4. The normalized spacial score (nSPS) is 26.6. The number of fused-ring (bicyclic) bond motifs is 5. The second-order valence-corrected chi connectivity index (χ2v) is 21.5. The highest BCUT2D eigenvalue weighted by Crippen LogP contribution is 2.50. The highest BCUT2D eigenvalue weighted by atomic mass is 33.1. The van der Waals surface area contributed by atoms with Gasteiger partial charge in [0.25, 0.3) is 5.69 Å². The van der Waals surface area contributed by atoms with Crippen LogP contribution < -0.4 is 20.3 Å². The van der Waals surface area contributed by atoms with E-state index in [0.717, 1.165) is 11.1 Å². The summed E-state index contributed by atoms with van der Waals surface area (Å²) in [5.74, 6) is -1.57. The largest absolute Gasteiger partial charge is 0.496 e. The molecule has 17 nitrogen and oxygen atoms in total. The van der Waals surface area contributed by atoms with Crippen molar-refractivity contribution in [2.24, 2.45) is 11.8 Å². The summed E-state index contributed by atoms with van der Waals surface area (Å²) in [6, 6.07) is 14.1. The zero-order valence-corrected chi connectivity index (χ0v) is 41.7. The Balaban J connectivity index is 1.28. The van der Waals surface area contributed by atoms with E-state index >= 15 is 0 Å². The molecule has 2 aromatic carbocycles. The molecule has 4 heterocycles. The van der Waals surface area contributed by atoms with Crippen LogP contribution in [0.25, 0.3) is 11.1 Å². The summed E-state index contributed by atoms with van der Waals surface area (Å²) >= 11 is 0. The fourth-order valence-corrected chi connectivity index (χ4v) is 10.5. The van der Waals surface area contributed by atoms with Gasteiger partial charge in [0.05, 0.1) is 36.2 Å². The molecule has 0 saturated carbocycles. The number of hydrogen-bond donors (Lipinski definition) is 3. The maximum atomic E-state index is 14.7. The molecule has 68 heavy (non-hydrogen) atoms. The third-order valence-electron chi connectivity index (χ3n) is 12.4. The van der Waals surface area contributed by atoms with E-state index in [0.29, 0.717) is 46.1 Å². The van der Waals surface area contributed by atoms with Gasteiger partial charge in [-0.15, -0.1) is 0 Å². The minimum Gasteiger partial charge on any atom is -0.496 e. The summed E-state index contributed by atoms with van der Waals surface area (Å²) in [6.07, 6.45) is 3.22. The molecule has 0 aliphatic carbocycles. The molecule has 366 valence electrons. The Bertz CT molecular complexity index is 2430. The molecule has 0 spiro atoms. The van der Waals surface area contributed by atoms with Crippen LogP contribution in [0.15, 0.2) is 83.6 Å². The monoisotopic (exact) mass is 975 g/mol. The Morgan fingerprint density at radius 1 is 1.15 bits per heavy atom. The van der Waals surface area contributed by atoms with E-state index < -0.39 is 64.6 Å². The molecule has 3 aliphatic heterocycles. The number of rotatable bonds is 13. The minimum atomic E-state index is -1.82. The van der Waals surface area contributed by atoms with Gasteiger partial charge in [0, 0.05) is 55.0 Å². The van der Waals surface area contributed by atoms with Crippen molar-refractivity contribution in [1.82, 2.24) is 10.3 Å². The number of aromatic nitrogens is 1. The number of methoxy groups -OCH3 is 2. The zero-order valence-electron chi connectivity index (χ0n) is 40.0. The number of carbonyl (C=O) groups is 4. The number of alkyl carbamates (subject to hydrolysis) is 1. The molecule has 0 radical (unpaired) electrons. The van der Waals surface area contributed by atoms with Crippen LogP contribution >= 0.6 is 21.6 Å². The Hall–Kier alpha value is -5.47. The van der Waals surface area contributed by atoms with E-state index in [1.54, 1.807) is 65.3 Å². The van der Waals surface area contributed by atoms with Crippen molar-refractivity contribution in [1.29, 1.82) is 0 Å². The third kappa shape index (κ3) is 12.4. The Labute approximate surface area is 404 Å². The molecular formula is C49H61N5O12S2. The fraction of sp³-hybridized carbons (Fsp3) is 0.490. The van der Waals surface area contributed by atoms with Crippen LogP contribution in [0.2, 0.25) is 0 Å². The van der Waals surface area contributed by atoms with Crippen LogP contribution in [0, 0.1) is 22.0 Å². The van der Waals surface area contributed by atoms with E-state index in [4.69, 9.17) is 23.7 Å². The first-order valence-corrected chi connectivity index (χ1v) is 24.5. The number of nitro groups is 1. The topological polar surface area (TPSA) is 221 Å². The number of anilines is 2. The summed E-state index contributed by atoms with van der Waals surface area (Å²) in [4.78, 5) is 70.2. The van der Waals surface area contributed by atoms with Gasteiger partial charge in [-0.3, -0.25) is 29.8 Å². The molecule has 4 bridgehead atoms. The number of esters is 1. The van der Waals surface area contributed by atoms with Crippen LogP contribution in [0.1, 0.15) is 79.7 Å². The van der Waals surface area contributed by atoms with Crippen molar-refractivity contribution in [2.75, 3.05) is 31.5 Å². The van der Waals surface area contributed by atoms with Crippen molar-refractivity contribution in [3.63, 3.8) is 0 Å². The smallest absolute Gasteiger partial charge is 0.409 e. The van der Waals surface area contributed by atoms with Gasteiger partial charge in [0.1, 0.15) is 40.9 Å². The Morgan fingerprint density at radius 2 is 1.87 bits per heavy atom. The average Bonchev–Trinajstić information content (AvgIpc) is 3.99. The van der Waals surface area contributed by atoms with Crippen LogP contribution in [0.4, 0.5) is 21.9 Å². The van der Waals surface area contributed by atoms with Gasteiger partial charge in [-0.25, -0.2) is 9.78 Å². The van der Waals surface area contributed by atoms with Gasteiger partial charge in [0.15, 0.2) is 5.72 Å². The molecule has 2 saturated heterocycles. The molecule has 6 rings (SSSR count). The zero-order chi connectivity index (χ0) is 49.7. The summed E-state index contributed by atoms with van der Waals surface area (Å²) < 4.78 is 29.5. The first-order valence-electron chi connectivity index (χ1n) is 22.4. The summed E-state index contributed by atoms with van der Waals surface area (Å²) in [6.45, 7) is 13.0. The van der Waals surface area contributed by atoms with E-state index in [9.17, 15) is 34.4 Å². The van der Waals surface area contributed by atoms with Gasteiger partial charge < -0.3 is 39.0 Å². The lowest BCUT2D eigenvalue weighted by molar-refractivity contribution is -0.385. The lowest BCUT2D eigenvalue weighted by Gasteiger charge is -2.42. The number of pyridine rings is 1. The van der Waals surface area contributed by atoms with E-state index in [2.05, 4.69) is 15.6 Å². The minimum absolute atomic E-state index is 0.0361. The van der Waals surface area contributed by atoms with Gasteiger partial charge in [-0.05, 0) is 92.8 Å². The van der Waals surface area contributed by atoms with E-state index in [1.807, 2.05) is 58.0 Å². The maximum Gasteiger partial charge on any atom is 0.409 e. The van der Waals surface area contributed by atoms with Crippen molar-refractivity contribution >= 4 is 62.5 Å². The third-order valence-corrected chi connectivity index (χ3v) is 15.7. The van der Waals surface area contributed by atoms with Crippen molar-refractivity contribution in [2.45, 2.75) is 126 Å². The number of nitrogens with one attached hydrogen (secondary N) is 2. The predicted octanol–water partition coefficient (Wildman–Crippen LogP) is 8.58. The number of ether oxygens (including phenoxy) is 5. The molecule has 0 unspecified atom stereocenters. The van der Waals surface area contributed by atoms with Gasteiger partial charge in [0.2, 0.25) is 11.8 Å². The number of nitrogens with zero attached hydrogens (tertiary/aromatic N) is 3. The van der Waals surface area contributed by atoms with Gasteiger partial charge in [-0.2, -0.15) is 0 Å². The van der Waals surface area contributed by atoms with Crippen LogP contribution in [-0.4, -0.2) is 101 Å². The standard InChI is InChI=1S/C49H61N5O12S2/c1-28(2)45(57)65-39-25-42(56)53(8)35-23-31(22-29(3)12-11-13-38(63-10)49(59)26-37(64-46(58)52-49)30(4)44-48(39,7)66-44)24-36(62-9)43(35)32-14-16-33(17-15-32)51-40(55)20-21-47(5,6)68-67-41-19-18-34(27-50-41)54(60)61/h11-19,23-24,27-28,30,37-39,44,59H,20-22,25-26H2,1-10H3,(H,51,55)(H,52,58)/b13-11+,29-12+/t30-,37+,38-,39+,44+,48+,49+/m1/s1. The number of aliphatic hydroxyl groups is 1. The number of epoxide rings is 1. The number of amides is 3. The highest BCUT2D eigenvalue weighted by Gasteiger charge is 2.64. The first kappa shape index (κ1) is 51.9. The molecule has 7 atom stereocenters. The molecule has 3 N–H and O–H groups in total. The van der Waals surface area contributed by atoms with Crippen molar-refractivity contribution < 1.29 is 52.9 Å². The molecule has 3 aliphatic rings. The SMILES string of the molecule is COc1cc2cc(c1-c1ccc(NC(=O)CCC(C)(C)SSc3ccc([N+](=O)[O-])cn3)cc1)N(C)C(=O)C[C@H](OC(=O)C(C)C)[C@]1(C)O[C@H]1[C@H](C)[C@@H]1C[C@@](O)(NC(=O)O1)[C@H](OC)/C=C/C=C(\C)C2. The fourth-order valence-electron chi connectivity index (χ4n) is 8.31. The maximum absolute atomic E-state index is 14.7. The number of benzene rings is 2. The van der Waals surface area contributed by atoms with E-state index in [1.165, 1.54) is 45.9 Å². The molecule has 1 aromatic heterocycles. The van der Waals surface area contributed by atoms with Crippen LogP contribution in [0.3, 0.4) is 0 Å². The first-order chi connectivity index (χ1) is 32.1. The predicted molar refractivity (Wildman–Crippen MR) is 260 cm³/mol. The molecule has 3 aromatic rings. The molecule has 3 amide bonds. The second kappa shape index (κ2) is 21.4. The molecule has 19 heteroatoms. The molecular weight excluding hydrogens is 915 g/mol. The summed E-state index contributed by atoms with van der Waals surface area (Å²) in [5.41, 5.74) is 1.11.